The highest BCUT2D eigenvalue weighted by atomic mass is 19.1. The Bertz CT molecular complexity index is 2520. The lowest BCUT2D eigenvalue weighted by Crippen LogP contribution is -2.55. The lowest BCUT2D eigenvalue weighted by Gasteiger charge is -2.43. The van der Waals surface area contributed by atoms with E-state index in [0.717, 1.165) is 37.6 Å². The van der Waals surface area contributed by atoms with Gasteiger partial charge in [0, 0.05) is 45.3 Å². The number of aromatic nitrogens is 8. The molecule has 1 saturated carbocycles. The van der Waals surface area contributed by atoms with Crippen LogP contribution in [0.5, 0.6) is 11.6 Å². The number of benzene rings is 1. The van der Waals surface area contributed by atoms with Crippen LogP contribution in [0.2, 0.25) is 0 Å². The SMILES string of the molecule is C=CC(=O)N[C@@H]1CN(c2nc(Nc3cn(CCCNC(=O)c4ccc(Nc5ncc6c(n5)N(C5CCCC5)C(CC)C(=O)N6C)c(OC)c4)nc3OC)c3ncn(C)c3n2)C[C@H]1F. The number of fused-ring (bicyclic) bond motifs is 2. The van der Waals surface area contributed by atoms with E-state index < -0.39 is 18.1 Å². The minimum atomic E-state index is -1.33. The quantitative estimate of drug-likeness (QED) is 0.0815. The molecule has 3 aliphatic rings. The number of hydrogen-bond acceptors (Lipinski definition) is 15. The van der Waals surface area contributed by atoms with Gasteiger partial charge in [0.05, 0.1) is 51.2 Å². The zero-order valence-corrected chi connectivity index (χ0v) is 36.0. The van der Waals surface area contributed by atoms with Gasteiger partial charge in [-0.15, -0.1) is 5.10 Å². The summed E-state index contributed by atoms with van der Waals surface area (Å²) >= 11 is 0. The molecule has 2 fully saturated rings. The summed E-state index contributed by atoms with van der Waals surface area (Å²) < 4.78 is 29.6. The van der Waals surface area contributed by atoms with Gasteiger partial charge < -0.3 is 50.0 Å². The number of imidazole rings is 1. The molecule has 4 aromatic heterocycles. The van der Waals surface area contributed by atoms with Crippen molar-refractivity contribution in [2.24, 2.45) is 7.05 Å². The van der Waals surface area contributed by atoms with E-state index in [2.05, 4.69) is 52.8 Å². The van der Waals surface area contributed by atoms with Gasteiger partial charge in [-0.1, -0.05) is 26.3 Å². The van der Waals surface area contributed by atoms with E-state index in [9.17, 15) is 18.8 Å². The molecule has 0 spiro atoms. The normalized spacial score (nSPS) is 18.7. The minimum Gasteiger partial charge on any atom is -0.495 e. The van der Waals surface area contributed by atoms with Crippen LogP contribution in [0.3, 0.4) is 0 Å². The average Bonchev–Trinajstić information content (AvgIpc) is 4.12. The van der Waals surface area contributed by atoms with E-state index in [-0.39, 0.29) is 42.9 Å². The zero-order chi connectivity index (χ0) is 44.4. The summed E-state index contributed by atoms with van der Waals surface area (Å²) in [4.78, 5) is 67.3. The first kappa shape index (κ1) is 42.6. The van der Waals surface area contributed by atoms with E-state index in [1.54, 1.807) is 70.1 Å². The molecule has 6 heterocycles. The number of methoxy groups -OCH3 is 2. The van der Waals surface area contributed by atoms with Crippen molar-refractivity contribution >= 4 is 69.5 Å². The van der Waals surface area contributed by atoms with Crippen LogP contribution in [0.15, 0.2) is 49.6 Å². The Labute approximate surface area is 363 Å². The highest BCUT2D eigenvalue weighted by Crippen LogP contribution is 2.40. The number of ether oxygens (including phenoxy) is 2. The number of alkyl halides is 1. The van der Waals surface area contributed by atoms with Gasteiger partial charge in [-0.25, -0.2) is 14.4 Å². The van der Waals surface area contributed by atoms with Gasteiger partial charge in [0.2, 0.25) is 23.7 Å². The molecule has 1 aliphatic carbocycles. The van der Waals surface area contributed by atoms with Gasteiger partial charge in [-0.3, -0.25) is 19.1 Å². The summed E-state index contributed by atoms with van der Waals surface area (Å²) in [6, 6.07) is 4.33. The van der Waals surface area contributed by atoms with Crippen LogP contribution in [0.4, 0.5) is 45.0 Å². The highest BCUT2D eigenvalue weighted by molar-refractivity contribution is 6.04. The second-order valence-electron chi connectivity index (χ2n) is 15.8. The Balaban J connectivity index is 0.898. The summed E-state index contributed by atoms with van der Waals surface area (Å²) in [6.45, 7) is 6.44. The van der Waals surface area contributed by atoms with Gasteiger partial charge in [-0.05, 0) is 50.0 Å². The molecule has 1 aromatic carbocycles. The Morgan fingerprint density at radius 1 is 1.03 bits per heavy atom. The van der Waals surface area contributed by atoms with Crippen LogP contribution in [0.1, 0.15) is 55.8 Å². The van der Waals surface area contributed by atoms with E-state index >= 15 is 0 Å². The Morgan fingerprint density at radius 3 is 2.59 bits per heavy atom. The molecule has 332 valence electrons. The van der Waals surface area contributed by atoms with Crippen molar-refractivity contribution in [1.82, 2.24) is 49.9 Å². The molecular weight excluding hydrogens is 814 g/mol. The zero-order valence-electron chi connectivity index (χ0n) is 36.0. The summed E-state index contributed by atoms with van der Waals surface area (Å²) in [5.74, 6) is 1.78. The highest BCUT2D eigenvalue weighted by Gasteiger charge is 2.41. The molecular formula is C42H52FN15O5. The van der Waals surface area contributed by atoms with Crippen molar-refractivity contribution < 1.29 is 28.2 Å². The van der Waals surface area contributed by atoms with E-state index in [1.807, 2.05) is 6.92 Å². The Kier molecular flexibility index (Phi) is 12.3. The number of carbonyl (C=O) groups excluding carboxylic acids is 3. The van der Waals surface area contributed by atoms with Crippen molar-refractivity contribution in [1.29, 1.82) is 0 Å². The summed E-state index contributed by atoms with van der Waals surface area (Å²) in [5, 5.41) is 16.7. The predicted octanol–water partition coefficient (Wildman–Crippen LogP) is 4.01. The van der Waals surface area contributed by atoms with Crippen molar-refractivity contribution in [3.8, 4) is 11.6 Å². The maximum Gasteiger partial charge on any atom is 0.256 e. The molecule has 4 N–H and O–H groups in total. The second kappa shape index (κ2) is 18.1. The van der Waals surface area contributed by atoms with Crippen LogP contribution in [-0.2, 0) is 23.2 Å². The number of halogens is 1. The number of hydrogen-bond donors (Lipinski definition) is 4. The van der Waals surface area contributed by atoms with Gasteiger partial charge in [0.1, 0.15) is 29.3 Å². The molecule has 21 heteroatoms. The van der Waals surface area contributed by atoms with Crippen molar-refractivity contribution in [3.05, 3.63) is 55.1 Å². The van der Waals surface area contributed by atoms with E-state index in [1.165, 1.54) is 14.2 Å². The van der Waals surface area contributed by atoms with Crippen molar-refractivity contribution in [2.75, 3.05) is 66.2 Å². The van der Waals surface area contributed by atoms with Gasteiger partial charge >= 0.3 is 0 Å². The van der Waals surface area contributed by atoms with Crippen LogP contribution in [-0.4, -0.2) is 122 Å². The fraction of sp³-hybridized carbons (Fsp3) is 0.452. The Hall–Kier alpha value is -7.06. The maximum absolute atomic E-state index is 14.9. The lowest BCUT2D eigenvalue weighted by molar-refractivity contribution is -0.120. The fourth-order valence-corrected chi connectivity index (χ4v) is 8.46. The molecule has 3 atom stereocenters. The minimum absolute atomic E-state index is 0.00745. The Morgan fingerprint density at radius 2 is 1.84 bits per heavy atom. The van der Waals surface area contributed by atoms with Crippen LogP contribution < -0.4 is 45.4 Å². The monoisotopic (exact) mass is 865 g/mol. The molecule has 63 heavy (non-hydrogen) atoms. The molecule has 1 unspecified atom stereocenters. The van der Waals surface area contributed by atoms with Gasteiger partial charge in [0.15, 0.2) is 22.8 Å². The van der Waals surface area contributed by atoms with Gasteiger partial charge in [-0.2, -0.15) is 15.0 Å². The summed E-state index contributed by atoms with van der Waals surface area (Å²) in [6.07, 6.45) is 10.3. The number of anilines is 7. The first-order chi connectivity index (χ1) is 30.5. The number of nitrogens with zero attached hydrogens (tertiary/aromatic N) is 11. The van der Waals surface area contributed by atoms with Gasteiger partial charge in [0.25, 0.3) is 11.8 Å². The van der Waals surface area contributed by atoms with E-state index in [0.29, 0.717) is 83.1 Å². The smallest absolute Gasteiger partial charge is 0.256 e. The first-order valence-corrected chi connectivity index (χ1v) is 21.1. The van der Waals surface area contributed by atoms with Crippen molar-refractivity contribution in [2.45, 2.75) is 76.3 Å². The third-order valence-electron chi connectivity index (χ3n) is 11.7. The average molecular weight is 866 g/mol. The predicted molar refractivity (Wildman–Crippen MR) is 235 cm³/mol. The van der Waals surface area contributed by atoms with Crippen LogP contribution in [0.25, 0.3) is 11.2 Å². The molecule has 0 radical (unpaired) electrons. The molecule has 1 saturated heterocycles. The topological polar surface area (TPSA) is 215 Å². The van der Waals surface area contributed by atoms with Crippen LogP contribution in [0, 0.1) is 0 Å². The second-order valence-corrected chi connectivity index (χ2v) is 15.8. The molecule has 3 amide bonds. The molecule has 8 rings (SSSR count). The number of likely N-dealkylation sites (N-methyl/N-ethyl adjacent to an activating group) is 1. The molecule has 2 aliphatic heterocycles. The van der Waals surface area contributed by atoms with E-state index in [4.69, 9.17) is 19.4 Å². The van der Waals surface area contributed by atoms with Crippen molar-refractivity contribution in [3.63, 3.8) is 0 Å². The third-order valence-corrected chi connectivity index (χ3v) is 11.7. The molecule has 0 bridgehead atoms. The molecule has 5 aromatic rings. The standard InChI is InChI=1S/C42H52FN15O5/c1-7-30-40(61)55(4)31-19-45-41(51-36(31)58(30)25-12-9-10-13-25)49-27-15-14-24(18-32(27)62-5)38(60)44-16-11-17-57-22-29(39(53-57)63-6)48-35-34-37(54(3)23-46-34)52-42(50-35)56-20-26(43)28(21-56)47-33(59)8-2/h8,14-15,18-19,22-23,25-26,28,30H,2,7,9-13,16-17,20-21H2,1,3-6H3,(H,44,60)(H,47,59)(H,45,49,51)(H,48,50,52)/t26-,28-,30?/m1/s1. The number of nitrogens with one attached hydrogen (secondary N) is 4. The number of rotatable bonds is 16. The molecule has 20 nitrogen and oxygen atoms in total. The third kappa shape index (κ3) is 8.58. The fourth-order valence-electron chi connectivity index (χ4n) is 8.46. The first-order valence-electron chi connectivity index (χ1n) is 21.1. The summed E-state index contributed by atoms with van der Waals surface area (Å²) in [5.41, 5.74) is 3.19. The lowest BCUT2D eigenvalue weighted by atomic mass is 10.0. The summed E-state index contributed by atoms with van der Waals surface area (Å²) in [7, 11) is 6.61. The maximum atomic E-state index is 14.9. The largest absolute Gasteiger partial charge is 0.495 e. The number of carbonyl (C=O) groups is 3. The van der Waals surface area contributed by atoms with Crippen LogP contribution >= 0.6 is 0 Å². The number of aryl methyl sites for hydroxylation is 2. The number of amides is 3.